The molecule has 0 atom stereocenters. The van der Waals surface area contributed by atoms with Crippen LogP contribution in [-0.4, -0.2) is 6.36 Å². The first kappa shape index (κ1) is 36.3. The predicted octanol–water partition coefficient (Wildman–Crippen LogP) is 10.8. The van der Waals surface area contributed by atoms with Gasteiger partial charge in [0.05, 0.1) is 5.56 Å². The van der Waals surface area contributed by atoms with Crippen molar-refractivity contribution in [3.63, 3.8) is 0 Å². The fourth-order valence-electron chi connectivity index (χ4n) is 4.45. The van der Waals surface area contributed by atoms with Crippen LogP contribution < -0.4 is 9.47 Å². The van der Waals surface area contributed by atoms with Gasteiger partial charge in [0.15, 0.2) is 0 Å². The number of benzene rings is 4. The van der Waals surface area contributed by atoms with E-state index in [-0.39, 0.29) is 41.5 Å². The Labute approximate surface area is 261 Å². The fraction of sp³-hybridized carbons (Fsp3) is 0.226. The van der Waals surface area contributed by atoms with E-state index in [0.29, 0.717) is 18.6 Å². The van der Waals surface area contributed by atoms with E-state index < -0.39 is 82.0 Å². The van der Waals surface area contributed by atoms with Crippen molar-refractivity contribution in [3.8, 4) is 22.6 Å². The van der Waals surface area contributed by atoms with Gasteiger partial charge in [0.1, 0.15) is 51.7 Å². The number of rotatable bonds is 11. The topological polar surface area (TPSA) is 27.7 Å². The molecule has 0 bridgehead atoms. The Bertz CT molecular complexity index is 1740. The first-order valence-electron chi connectivity index (χ1n) is 13.3. The van der Waals surface area contributed by atoms with Gasteiger partial charge in [0.25, 0.3) is 0 Å². The van der Waals surface area contributed by atoms with Crippen LogP contribution in [0.15, 0.2) is 66.7 Å². The molecule has 0 amide bonds. The van der Waals surface area contributed by atoms with Crippen LogP contribution in [0, 0.1) is 29.1 Å². The minimum absolute atomic E-state index is 0.0870. The van der Waals surface area contributed by atoms with Crippen molar-refractivity contribution in [2.24, 2.45) is 0 Å². The van der Waals surface area contributed by atoms with Crippen molar-refractivity contribution >= 4 is 0 Å². The van der Waals surface area contributed by atoms with Gasteiger partial charge < -0.3 is 9.47 Å². The number of hydrogen-bond donors (Lipinski definition) is 0. The molecule has 0 aromatic heterocycles. The van der Waals surface area contributed by atoms with Crippen molar-refractivity contribution in [2.75, 3.05) is 0 Å². The van der Waals surface area contributed by atoms with Crippen LogP contribution in [0.25, 0.3) is 11.1 Å². The lowest BCUT2D eigenvalue weighted by Crippen LogP contribution is -2.29. The maximum Gasteiger partial charge on any atom is 0.527 e. The summed E-state index contributed by atoms with van der Waals surface area (Å²) in [5.74, 6) is -13.6. The molecule has 0 radical (unpaired) electrons. The summed E-state index contributed by atoms with van der Waals surface area (Å²) in [5, 5.41) is 0. The maximum atomic E-state index is 14.9. The molecule has 0 saturated heterocycles. The van der Waals surface area contributed by atoms with E-state index >= 15 is 0 Å². The number of aryl methyl sites for hydroxylation is 1. The molecule has 48 heavy (non-hydrogen) atoms. The van der Waals surface area contributed by atoms with E-state index in [1.54, 1.807) is 12.1 Å². The molecule has 0 spiro atoms. The number of alkyl halides is 9. The third kappa shape index (κ3) is 8.11. The summed E-state index contributed by atoms with van der Waals surface area (Å²) in [6, 6.07) is 6.61. The summed E-state index contributed by atoms with van der Waals surface area (Å²) >= 11 is 0. The molecule has 258 valence electrons. The number of ether oxygens (including phenoxy) is 3. The molecule has 3 nitrogen and oxygen atoms in total. The minimum Gasteiger partial charge on any atom is -0.429 e. The lowest BCUT2D eigenvalue weighted by Gasteiger charge is -2.23. The molecule has 0 unspecified atom stereocenters. The third-order valence-corrected chi connectivity index (χ3v) is 6.46. The summed E-state index contributed by atoms with van der Waals surface area (Å²) in [7, 11) is 0. The standard InChI is InChI=1S/C31H18F14O3/c1-2-3-15-4-6-16(7-5-15)17-10-22(33)26(23(34)11-17)30(41,42)47-19-13-24(35)27(25(36)14-19)29(39,40)46-18-8-9-20(21(32)12-18)28(37,38)48-31(43,44)45/h4-14H,2-3H2,1H3. The van der Waals surface area contributed by atoms with Gasteiger partial charge >= 0.3 is 24.7 Å². The molecule has 4 rings (SSSR count). The fourth-order valence-corrected chi connectivity index (χ4v) is 4.45. The average Bonchev–Trinajstić information content (AvgIpc) is 2.90. The van der Waals surface area contributed by atoms with Gasteiger partial charge in [-0.15, -0.1) is 13.2 Å². The van der Waals surface area contributed by atoms with Gasteiger partial charge in [0, 0.05) is 18.2 Å². The van der Waals surface area contributed by atoms with Gasteiger partial charge in [-0.2, -0.15) is 26.3 Å². The molecule has 4 aromatic carbocycles. The molecule has 0 aliphatic carbocycles. The first-order chi connectivity index (χ1) is 22.1. The normalized spacial score (nSPS) is 12.7. The van der Waals surface area contributed by atoms with E-state index in [4.69, 9.17) is 0 Å². The third-order valence-electron chi connectivity index (χ3n) is 6.46. The molecular weight excluding hydrogens is 686 g/mol. The van der Waals surface area contributed by atoms with Crippen LogP contribution in [0.2, 0.25) is 0 Å². The SMILES string of the molecule is CCCc1ccc(-c2cc(F)c(C(F)(F)Oc3cc(F)c(C(F)(F)Oc4ccc(C(F)(F)OC(F)(F)F)c(F)c4)c(F)c3)c(F)c2)cc1. The zero-order chi connectivity index (χ0) is 35.8. The van der Waals surface area contributed by atoms with Crippen LogP contribution in [0.3, 0.4) is 0 Å². The number of hydrogen-bond acceptors (Lipinski definition) is 3. The molecular formula is C31H18F14O3. The van der Waals surface area contributed by atoms with E-state index in [0.717, 1.165) is 12.0 Å². The van der Waals surface area contributed by atoms with E-state index in [9.17, 15) is 61.5 Å². The molecule has 0 N–H and O–H groups in total. The lowest BCUT2D eigenvalue weighted by molar-refractivity contribution is -0.432. The molecule has 0 saturated carbocycles. The molecule has 0 fully saturated rings. The minimum atomic E-state index is -5.94. The van der Waals surface area contributed by atoms with Crippen LogP contribution in [0.5, 0.6) is 11.5 Å². The smallest absolute Gasteiger partial charge is 0.429 e. The summed E-state index contributed by atoms with van der Waals surface area (Å²) in [6.45, 7) is 1.92. The second-order valence-corrected chi connectivity index (χ2v) is 9.97. The molecule has 0 heterocycles. The van der Waals surface area contributed by atoms with Crippen molar-refractivity contribution in [3.05, 3.63) is 118 Å². The van der Waals surface area contributed by atoms with E-state index in [1.807, 2.05) is 6.92 Å². The molecule has 0 aliphatic rings. The molecule has 4 aromatic rings. The summed E-state index contributed by atoms with van der Waals surface area (Å²) in [5.41, 5.74) is -5.34. The first-order valence-corrected chi connectivity index (χ1v) is 13.3. The summed E-state index contributed by atoms with van der Waals surface area (Å²) in [6.07, 6.45) is -19.8. The van der Waals surface area contributed by atoms with Crippen molar-refractivity contribution in [1.82, 2.24) is 0 Å². The Morgan fingerprint density at radius 3 is 1.42 bits per heavy atom. The molecule has 0 aliphatic heterocycles. The van der Waals surface area contributed by atoms with E-state index in [2.05, 4.69) is 14.2 Å². The van der Waals surface area contributed by atoms with Crippen LogP contribution in [0.1, 0.15) is 35.6 Å². The highest BCUT2D eigenvalue weighted by molar-refractivity contribution is 5.64. The Hall–Kier alpha value is -4.54. The zero-order valence-corrected chi connectivity index (χ0v) is 23.8. The highest BCUT2D eigenvalue weighted by atomic mass is 19.4. The Kier molecular flexibility index (Phi) is 9.96. The van der Waals surface area contributed by atoms with Gasteiger partial charge in [-0.05, 0) is 47.4 Å². The van der Waals surface area contributed by atoms with Crippen LogP contribution in [-0.2, 0) is 29.5 Å². The van der Waals surface area contributed by atoms with Crippen molar-refractivity contribution < 1.29 is 75.7 Å². The van der Waals surface area contributed by atoms with Crippen molar-refractivity contribution in [1.29, 1.82) is 0 Å². The van der Waals surface area contributed by atoms with Gasteiger partial charge in [-0.1, -0.05) is 37.6 Å². The second kappa shape index (κ2) is 13.2. The van der Waals surface area contributed by atoms with E-state index in [1.165, 1.54) is 12.1 Å². The Morgan fingerprint density at radius 1 is 0.500 bits per heavy atom. The van der Waals surface area contributed by atoms with Crippen molar-refractivity contribution in [2.45, 2.75) is 44.5 Å². The monoisotopic (exact) mass is 704 g/mol. The zero-order valence-electron chi connectivity index (χ0n) is 23.8. The van der Waals surface area contributed by atoms with Crippen LogP contribution in [0.4, 0.5) is 61.5 Å². The quantitative estimate of drug-likeness (QED) is 0.146. The van der Waals surface area contributed by atoms with Gasteiger partial charge in [-0.25, -0.2) is 26.7 Å². The van der Waals surface area contributed by atoms with Gasteiger partial charge in [0.2, 0.25) is 0 Å². The average molecular weight is 704 g/mol. The molecule has 17 heteroatoms. The predicted molar refractivity (Wildman–Crippen MR) is 139 cm³/mol. The second-order valence-electron chi connectivity index (χ2n) is 9.97. The van der Waals surface area contributed by atoms with Gasteiger partial charge in [-0.3, -0.25) is 0 Å². The highest BCUT2D eigenvalue weighted by Gasteiger charge is 2.48. The van der Waals surface area contributed by atoms with Crippen LogP contribution >= 0.6 is 0 Å². The largest absolute Gasteiger partial charge is 0.527 e. The lowest BCUT2D eigenvalue weighted by atomic mass is 10.00. The Morgan fingerprint density at radius 2 is 0.958 bits per heavy atom. The Balaban J connectivity index is 1.57. The number of halogens is 14. The summed E-state index contributed by atoms with van der Waals surface area (Å²) < 4.78 is 206. The summed E-state index contributed by atoms with van der Waals surface area (Å²) in [4.78, 5) is 0. The maximum absolute atomic E-state index is 14.9. The highest BCUT2D eigenvalue weighted by Crippen LogP contribution is 2.42.